The van der Waals surface area contributed by atoms with Crippen molar-refractivity contribution >= 4 is 35.5 Å². The molecule has 0 fully saturated rings. The SMILES string of the molecule is CSCCC(NC(=O)C(N)C(C)O)C(=O)NC(CC(C)C)C(=O)NC(CO)C(=O)O. The highest BCUT2D eigenvalue weighted by Gasteiger charge is 2.31. The van der Waals surface area contributed by atoms with Gasteiger partial charge in [-0.2, -0.15) is 11.8 Å². The number of hydrogen-bond acceptors (Lipinski definition) is 8. The van der Waals surface area contributed by atoms with Crippen LogP contribution < -0.4 is 21.7 Å². The van der Waals surface area contributed by atoms with Gasteiger partial charge in [-0.25, -0.2) is 4.79 Å². The number of aliphatic hydroxyl groups excluding tert-OH is 2. The molecule has 0 radical (unpaired) electrons. The lowest BCUT2D eigenvalue weighted by atomic mass is 10.0. The summed E-state index contributed by atoms with van der Waals surface area (Å²) in [5, 5.41) is 34.8. The van der Waals surface area contributed by atoms with Crippen molar-refractivity contribution in [3.63, 3.8) is 0 Å². The van der Waals surface area contributed by atoms with Gasteiger partial charge in [-0.15, -0.1) is 0 Å². The van der Waals surface area contributed by atoms with E-state index >= 15 is 0 Å². The predicted octanol–water partition coefficient (Wildman–Crippen LogP) is -1.97. The van der Waals surface area contributed by atoms with E-state index < -0.39 is 60.6 Å². The van der Waals surface area contributed by atoms with Crippen molar-refractivity contribution in [2.75, 3.05) is 18.6 Å². The summed E-state index contributed by atoms with van der Waals surface area (Å²) in [6.45, 7) is 4.20. The van der Waals surface area contributed by atoms with Crippen LogP contribution in [0.1, 0.15) is 33.6 Å². The van der Waals surface area contributed by atoms with Gasteiger partial charge in [0.25, 0.3) is 0 Å². The quantitative estimate of drug-likeness (QED) is 0.157. The van der Waals surface area contributed by atoms with Crippen molar-refractivity contribution in [3.8, 4) is 0 Å². The number of amides is 3. The summed E-state index contributed by atoms with van der Waals surface area (Å²) >= 11 is 1.46. The first kappa shape index (κ1) is 28.1. The number of carboxylic acids is 1. The highest BCUT2D eigenvalue weighted by atomic mass is 32.2. The normalized spacial score (nSPS) is 16.1. The fourth-order valence-corrected chi connectivity index (χ4v) is 2.90. The Morgan fingerprint density at radius 1 is 0.933 bits per heavy atom. The second-order valence-corrected chi connectivity index (χ2v) is 8.37. The first-order chi connectivity index (χ1) is 13.9. The van der Waals surface area contributed by atoms with Gasteiger partial charge in [-0.05, 0) is 37.7 Å². The molecule has 0 saturated carbocycles. The van der Waals surface area contributed by atoms with E-state index in [-0.39, 0.29) is 18.8 Å². The molecular formula is C18H34N4O7S. The van der Waals surface area contributed by atoms with Crippen LogP contribution in [0.3, 0.4) is 0 Å². The Kier molecular flexibility index (Phi) is 13.3. The molecule has 0 aromatic rings. The molecule has 0 spiro atoms. The zero-order chi connectivity index (χ0) is 23.4. The van der Waals surface area contributed by atoms with E-state index in [2.05, 4.69) is 16.0 Å². The summed E-state index contributed by atoms with van der Waals surface area (Å²) in [4.78, 5) is 48.5. The number of aliphatic hydroxyl groups is 2. The van der Waals surface area contributed by atoms with Crippen LogP contribution in [0.25, 0.3) is 0 Å². The molecule has 5 unspecified atom stereocenters. The molecule has 174 valence electrons. The summed E-state index contributed by atoms with van der Waals surface area (Å²) in [5.74, 6) is -2.98. The highest BCUT2D eigenvalue weighted by Crippen LogP contribution is 2.08. The molecule has 0 aliphatic carbocycles. The van der Waals surface area contributed by atoms with Crippen LogP contribution in [-0.2, 0) is 19.2 Å². The fraction of sp³-hybridized carbons (Fsp3) is 0.778. The van der Waals surface area contributed by atoms with Crippen LogP contribution in [0.5, 0.6) is 0 Å². The van der Waals surface area contributed by atoms with Crippen molar-refractivity contribution in [3.05, 3.63) is 0 Å². The van der Waals surface area contributed by atoms with Crippen LogP contribution >= 0.6 is 11.8 Å². The number of nitrogens with two attached hydrogens (primary N) is 1. The maximum atomic E-state index is 12.8. The summed E-state index contributed by atoms with van der Waals surface area (Å²) < 4.78 is 0. The minimum absolute atomic E-state index is 0.0126. The molecule has 11 nitrogen and oxygen atoms in total. The van der Waals surface area contributed by atoms with Crippen molar-refractivity contribution in [2.45, 2.75) is 63.9 Å². The molecule has 0 saturated heterocycles. The first-order valence-electron chi connectivity index (χ1n) is 9.61. The average molecular weight is 451 g/mol. The summed E-state index contributed by atoms with van der Waals surface area (Å²) in [7, 11) is 0. The van der Waals surface area contributed by atoms with Gasteiger partial charge in [0.15, 0.2) is 0 Å². The number of carboxylic acid groups (broad SMARTS) is 1. The third-order valence-electron chi connectivity index (χ3n) is 4.20. The first-order valence-corrected chi connectivity index (χ1v) is 11.0. The lowest BCUT2D eigenvalue weighted by Crippen LogP contribution is -2.58. The van der Waals surface area contributed by atoms with Gasteiger partial charge in [-0.1, -0.05) is 13.8 Å². The predicted molar refractivity (Wildman–Crippen MR) is 113 cm³/mol. The Balaban J connectivity index is 5.37. The Labute approximate surface area is 180 Å². The van der Waals surface area contributed by atoms with Gasteiger partial charge >= 0.3 is 5.97 Å². The number of carbonyl (C=O) groups excluding carboxylic acids is 3. The zero-order valence-corrected chi connectivity index (χ0v) is 18.6. The zero-order valence-electron chi connectivity index (χ0n) is 17.8. The van der Waals surface area contributed by atoms with Gasteiger partial charge in [-0.3, -0.25) is 14.4 Å². The number of aliphatic carboxylic acids is 1. The van der Waals surface area contributed by atoms with Crippen LogP contribution in [0, 0.1) is 5.92 Å². The Morgan fingerprint density at radius 2 is 1.43 bits per heavy atom. The molecule has 8 N–H and O–H groups in total. The van der Waals surface area contributed by atoms with E-state index in [1.165, 1.54) is 18.7 Å². The minimum atomic E-state index is -1.50. The smallest absolute Gasteiger partial charge is 0.328 e. The van der Waals surface area contributed by atoms with Crippen molar-refractivity contribution in [1.29, 1.82) is 0 Å². The van der Waals surface area contributed by atoms with Gasteiger partial charge in [0.1, 0.15) is 24.2 Å². The summed E-state index contributed by atoms with van der Waals surface area (Å²) in [6.07, 6.45) is 1.19. The van der Waals surface area contributed by atoms with Crippen LogP contribution in [0.15, 0.2) is 0 Å². The molecule has 3 amide bonds. The number of thioether (sulfide) groups is 1. The topological polar surface area (TPSA) is 191 Å². The lowest BCUT2D eigenvalue weighted by molar-refractivity contribution is -0.143. The van der Waals surface area contributed by atoms with E-state index in [1.807, 2.05) is 20.1 Å². The number of nitrogens with one attached hydrogen (secondary N) is 3. The molecule has 0 aliphatic rings. The molecule has 0 aromatic carbocycles. The molecular weight excluding hydrogens is 416 g/mol. The second-order valence-electron chi connectivity index (χ2n) is 7.38. The maximum absolute atomic E-state index is 12.8. The fourth-order valence-electron chi connectivity index (χ4n) is 2.42. The third kappa shape index (κ3) is 10.2. The van der Waals surface area contributed by atoms with Gasteiger partial charge < -0.3 is 37.0 Å². The molecule has 0 rings (SSSR count). The number of carbonyl (C=O) groups is 4. The lowest BCUT2D eigenvalue weighted by Gasteiger charge is -2.26. The largest absolute Gasteiger partial charge is 0.480 e. The van der Waals surface area contributed by atoms with Gasteiger partial charge in [0.2, 0.25) is 17.7 Å². The van der Waals surface area contributed by atoms with Crippen LogP contribution in [0.2, 0.25) is 0 Å². The number of rotatable bonds is 14. The standard InChI is InChI=1S/C18H34N4O7S/c1-9(2)7-12(16(26)22-13(8-23)18(28)29)21-15(25)11(5-6-30-4)20-17(27)14(19)10(3)24/h9-14,23-24H,5-8,19H2,1-4H3,(H,20,27)(H,21,25)(H,22,26)(H,28,29). The Hall–Kier alpha value is -1.89. The van der Waals surface area contributed by atoms with E-state index in [0.717, 1.165) is 0 Å². The molecule has 0 aliphatic heterocycles. The van der Waals surface area contributed by atoms with Crippen molar-refractivity contribution in [2.24, 2.45) is 11.7 Å². The van der Waals surface area contributed by atoms with E-state index in [0.29, 0.717) is 5.75 Å². The van der Waals surface area contributed by atoms with Crippen LogP contribution in [0.4, 0.5) is 0 Å². The maximum Gasteiger partial charge on any atom is 0.328 e. The van der Waals surface area contributed by atoms with Crippen molar-refractivity contribution in [1.82, 2.24) is 16.0 Å². The Morgan fingerprint density at radius 3 is 1.87 bits per heavy atom. The van der Waals surface area contributed by atoms with Gasteiger partial charge in [0.05, 0.1) is 12.7 Å². The second kappa shape index (κ2) is 14.2. The average Bonchev–Trinajstić information content (AvgIpc) is 2.66. The van der Waals surface area contributed by atoms with E-state index in [1.54, 1.807) is 0 Å². The highest BCUT2D eigenvalue weighted by molar-refractivity contribution is 7.98. The third-order valence-corrected chi connectivity index (χ3v) is 4.85. The van der Waals surface area contributed by atoms with E-state index in [9.17, 15) is 24.3 Å². The molecule has 0 bridgehead atoms. The Bertz CT molecular complexity index is 589. The molecule has 0 heterocycles. The molecule has 0 aromatic heterocycles. The molecule has 30 heavy (non-hydrogen) atoms. The molecule has 5 atom stereocenters. The monoisotopic (exact) mass is 450 g/mol. The number of hydrogen-bond donors (Lipinski definition) is 7. The molecule has 12 heteroatoms. The summed E-state index contributed by atoms with van der Waals surface area (Å²) in [6, 6.07) is -4.78. The summed E-state index contributed by atoms with van der Waals surface area (Å²) in [5.41, 5.74) is 5.61. The van der Waals surface area contributed by atoms with Crippen molar-refractivity contribution < 1.29 is 34.5 Å². The van der Waals surface area contributed by atoms with Crippen LogP contribution in [-0.4, -0.2) is 87.9 Å². The minimum Gasteiger partial charge on any atom is -0.480 e. The van der Waals surface area contributed by atoms with Gasteiger partial charge in [0, 0.05) is 0 Å². The van der Waals surface area contributed by atoms with E-state index in [4.69, 9.17) is 15.9 Å².